The van der Waals surface area contributed by atoms with Crippen LogP contribution < -0.4 is 10.6 Å². The predicted molar refractivity (Wildman–Crippen MR) is 122 cm³/mol. The Morgan fingerprint density at radius 2 is 1.77 bits per heavy atom. The smallest absolute Gasteiger partial charge is 0.191 e. The SMILES string of the molecule is CCNC(=NCC1(CC(C)C)CCC1)NCC1(N(C)C)CCOCC1.I. The molecule has 2 rings (SSSR count). The molecule has 0 unspecified atom stereocenters. The van der Waals surface area contributed by atoms with Crippen LogP contribution in [0.1, 0.15) is 59.3 Å². The average molecular weight is 480 g/mol. The molecule has 2 N–H and O–H groups in total. The molecule has 0 spiro atoms. The van der Waals surface area contributed by atoms with E-state index in [1.807, 2.05) is 0 Å². The minimum absolute atomic E-state index is 0. The summed E-state index contributed by atoms with van der Waals surface area (Å²) in [6, 6.07) is 0. The van der Waals surface area contributed by atoms with Crippen molar-refractivity contribution < 1.29 is 4.74 Å². The van der Waals surface area contributed by atoms with E-state index in [4.69, 9.17) is 9.73 Å². The van der Waals surface area contributed by atoms with Gasteiger partial charge in [-0.3, -0.25) is 4.99 Å². The first-order chi connectivity index (χ1) is 11.9. The first kappa shape index (κ1) is 24.0. The second-order valence-corrected chi connectivity index (χ2v) is 8.73. The molecule has 1 heterocycles. The number of aliphatic imine (C=N–C) groups is 1. The number of guanidine groups is 1. The number of rotatable bonds is 8. The van der Waals surface area contributed by atoms with Crippen LogP contribution in [0.25, 0.3) is 0 Å². The fourth-order valence-electron chi connectivity index (χ4n) is 4.34. The molecule has 2 fully saturated rings. The van der Waals surface area contributed by atoms with Crippen molar-refractivity contribution in [2.75, 3.05) is 46.9 Å². The van der Waals surface area contributed by atoms with E-state index < -0.39 is 0 Å². The number of nitrogens with one attached hydrogen (secondary N) is 2. The van der Waals surface area contributed by atoms with Gasteiger partial charge in [0.15, 0.2) is 5.96 Å². The molecule has 0 atom stereocenters. The quantitative estimate of drug-likeness (QED) is 0.317. The molecule has 2 aliphatic rings. The average Bonchev–Trinajstić information content (AvgIpc) is 2.55. The van der Waals surface area contributed by atoms with Crippen molar-refractivity contribution in [2.24, 2.45) is 16.3 Å². The van der Waals surface area contributed by atoms with Crippen molar-refractivity contribution in [3.63, 3.8) is 0 Å². The minimum atomic E-state index is 0. The summed E-state index contributed by atoms with van der Waals surface area (Å²) in [6.07, 6.45) is 7.50. The number of hydrogen-bond acceptors (Lipinski definition) is 3. The molecular formula is C20H41IN4O. The van der Waals surface area contributed by atoms with Crippen molar-refractivity contribution in [3.05, 3.63) is 0 Å². The predicted octanol–water partition coefficient (Wildman–Crippen LogP) is 3.49. The van der Waals surface area contributed by atoms with Crippen LogP contribution >= 0.6 is 24.0 Å². The molecular weight excluding hydrogens is 439 g/mol. The van der Waals surface area contributed by atoms with E-state index in [2.05, 4.69) is 50.4 Å². The number of likely N-dealkylation sites (N-methyl/N-ethyl adjacent to an activating group) is 1. The van der Waals surface area contributed by atoms with Gasteiger partial charge in [0, 0.05) is 38.4 Å². The van der Waals surface area contributed by atoms with Crippen molar-refractivity contribution in [1.82, 2.24) is 15.5 Å². The van der Waals surface area contributed by atoms with Crippen LogP contribution in [0, 0.1) is 11.3 Å². The molecule has 1 saturated carbocycles. The Bertz CT molecular complexity index is 430. The Morgan fingerprint density at radius 3 is 2.23 bits per heavy atom. The highest BCUT2D eigenvalue weighted by Gasteiger charge is 2.38. The molecule has 0 bridgehead atoms. The standard InChI is InChI=1S/C20H40N4O.HI/c1-6-21-18(22-15-19(8-7-9-19)14-17(2)3)23-16-20(24(4)5)10-12-25-13-11-20;/h17H,6-16H2,1-5H3,(H2,21,22,23);1H. The summed E-state index contributed by atoms with van der Waals surface area (Å²) in [4.78, 5) is 7.34. The molecule has 154 valence electrons. The van der Waals surface area contributed by atoms with E-state index in [1.165, 1.54) is 25.7 Å². The Kier molecular flexibility index (Phi) is 10.2. The van der Waals surface area contributed by atoms with E-state index >= 15 is 0 Å². The number of halogens is 1. The Hall–Kier alpha value is -0.0800. The van der Waals surface area contributed by atoms with Crippen LogP contribution in [-0.2, 0) is 4.74 Å². The topological polar surface area (TPSA) is 48.9 Å². The van der Waals surface area contributed by atoms with Crippen molar-refractivity contribution in [2.45, 2.75) is 64.8 Å². The molecule has 0 radical (unpaired) electrons. The highest BCUT2D eigenvalue weighted by molar-refractivity contribution is 14.0. The molecule has 0 amide bonds. The molecule has 1 saturated heterocycles. The van der Waals surface area contributed by atoms with Gasteiger partial charge in [-0.25, -0.2) is 0 Å². The summed E-state index contributed by atoms with van der Waals surface area (Å²) in [5.41, 5.74) is 0.620. The van der Waals surface area contributed by atoms with Crippen molar-refractivity contribution >= 4 is 29.9 Å². The maximum Gasteiger partial charge on any atom is 0.191 e. The largest absolute Gasteiger partial charge is 0.381 e. The van der Waals surface area contributed by atoms with Gasteiger partial charge in [-0.2, -0.15) is 0 Å². The van der Waals surface area contributed by atoms with Gasteiger partial charge in [0.05, 0.1) is 0 Å². The highest BCUT2D eigenvalue weighted by Crippen LogP contribution is 2.46. The zero-order valence-corrected chi connectivity index (χ0v) is 19.9. The first-order valence-electron chi connectivity index (χ1n) is 10.2. The van der Waals surface area contributed by atoms with Gasteiger partial charge >= 0.3 is 0 Å². The lowest BCUT2D eigenvalue weighted by atomic mass is 9.64. The van der Waals surface area contributed by atoms with Crippen LogP contribution in [0.5, 0.6) is 0 Å². The molecule has 1 aliphatic carbocycles. The molecule has 0 aromatic heterocycles. The Labute approximate surface area is 178 Å². The fraction of sp³-hybridized carbons (Fsp3) is 0.950. The van der Waals surface area contributed by atoms with Gasteiger partial charge in [-0.05, 0) is 64.5 Å². The van der Waals surface area contributed by atoms with Crippen LogP contribution in [-0.4, -0.2) is 63.3 Å². The van der Waals surface area contributed by atoms with Gasteiger partial charge in [-0.15, -0.1) is 24.0 Å². The summed E-state index contributed by atoms with van der Waals surface area (Å²) < 4.78 is 5.58. The summed E-state index contributed by atoms with van der Waals surface area (Å²) in [7, 11) is 4.37. The maximum atomic E-state index is 5.58. The van der Waals surface area contributed by atoms with Crippen molar-refractivity contribution in [1.29, 1.82) is 0 Å². The second kappa shape index (κ2) is 11.1. The third-order valence-corrected chi connectivity index (χ3v) is 6.13. The number of nitrogens with zero attached hydrogens (tertiary/aromatic N) is 2. The van der Waals surface area contributed by atoms with Gasteiger partial charge in [0.25, 0.3) is 0 Å². The van der Waals surface area contributed by atoms with Gasteiger partial charge in [0.1, 0.15) is 0 Å². The second-order valence-electron chi connectivity index (χ2n) is 8.73. The van der Waals surface area contributed by atoms with Crippen molar-refractivity contribution in [3.8, 4) is 0 Å². The van der Waals surface area contributed by atoms with E-state index in [0.717, 1.165) is 57.6 Å². The molecule has 1 aliphatic heterocycles. The van der Waals surface area contributed by atoms with E-state index in [9.17, 15) is 0 Å². The number of hydrogen-bond donors (Lipinski definition) is 2. The lowest BCUT2D eigenvalue weighted by molar-refractivity contribution is -0.00502. The fourth-order valence-corrected chi connectivity index (χ4v) is 4.34. The lowest BCUT2D eigenvalue weighted by Crippen LogP contribution is -2.57. The van der Waals surface area contributed by atoms with Gasteiger partial charge < -0.3 is 20.3 Å². The zero-order chi connectivity index (χ0) is 18.3. The summed E-state index contributed by atoms with van der Waals surface area (Å²) >= 11 is 0. The molecule has 6 heteroatoms. The van der Waals surface area contributed by atoms with E-state index in [0.29, 0.717) is 5.41 Å². The Morgan fingerprint density at radius 1 is 1.12 bits per heavy atom. The van der Waals surface area contributed by atoms with Crippen LogP contribution in [0.15, 0.2) is 4.99 Å². The molecule has 5 nitrogen and oxygen atoms in total. The van der Waals surface area contributed by atoms with Crippen LogP contribution in [0.2, 0.25) is 0 Å². The minimum Gasteiger partial charge on any atom is -0.381 e. The zero-order valence-electron chi connectivity index (χ0n) is 17.6. The summed E-state index contributed by atoms with van der Waals surface area (Å²) in [5, 5.41) is 7.07. The summed E-state index contributed by atoms with van der Waals surface area (Å²) in [5.74, 6) is 1.73. The summed E-state index contributed by atoms with van der Waals surface area (Å²) in [6.45, 7) is 11.3. The Balaban J connectivity index is 0.00000338. The first-order valence-corrected chi connectivity index (χ1v) is 10.2. The maximum absolute atomic E-state index is 5.58. The van der Waals surface area contributed by atoms with E-state index in [-0.39, 0.29) is 29.5 Å². The van der Waals surface area contributed by atoms with Gasteiger partial charge in [0.2, 0.25) is 0 Å². The van der Waals surface area contributed by atoms with Gasteiger partial charge in [-0.1, -0.05) is 20.3 Å². The monoisotopic (exact) mass is 480 g/mol. The molecule has 0 aromatic carbocycles. The molecule has 26 heavy (non-hydrogen) atoms. The lowest BCUT2D eigenvalue weighted by Gasteiger charge is -2.43. The third-order valence-electron chi connectivity index (χ3n) is 6.13. The van der Waals surface area contributed by atoms with Crippen LogP contribution in [0.3, 0.4) is 0 Å². The third kappa shape index (κ3) is 6.51. The van der Waals surface area contributed by atoms with Crippen LogP contribution in [0.4, 0.5) is 0 Å². The normalized spacial score (nSPS) is 21.9. The van der Waals surface area contributed by atoms with E-state index in [1.54, 1.807) is 0 Å². The highest BCUT2D eigenvalue weighted by atomic mass is 127. The number of ether oxygens (including phenoxy) is 1. The molecule has 0 aromatic rings.